The van der Waals surface area contributed by atoms with Gasteiger partial charge in [0.2, 0.25) is 17.7 Å². The van der Waals surface area contributed by atoms with Gasteiger partial charge in [0.25, 0.3) is 29.5 Å². The quantitative estimate of drug-likeness (QED) is 0.0395. The standard InChI is InChI=1S/C21H19N3O3.C21H21N3O3.C18H18N2O3.C17H19N3O4/c25-20(22-27)17-3-4-18-14-24(12-9-16(18)13-17)21(26)15-5-7-19(8-6-15)23-10-1-2-11-23;25-20(9-12-23-10-7-15-3-1-2-4-19(15)23)24-11-8-16-13-17(21(26)22-27)5-6-18(16)14-24;21-17(10-13-4-2-1-3-5-13)20-9-8-14-11-15(18(22)19-23)6-7-16(14)12-20;1-10-15(11(2)24-19-10)8-16(21)20-6-5-12-7-13(17(22)18-23)3-4-14(12)9-20/h1-8,10-11,13,27H,9,12,14H2,(H,22,25);1-7,10,13,27H,8-9,11-12,14H2,(H,22,26);1-7,11,23H,8-10,12H2,(H,19,22);3-4,7,23H,5-6,8-9H2,1-2H3,(H,18,22). The number of hydrogen-bond donors (Lipinski definition) is 8. The first-order chi connectivity index (χ1) is 49.0. The normalized spacial score (nSPS) is 13.4. The zero-order chi connectivity index (χ0) is 71.1. The molecule has 8 amide bonds. The van der Waals surface area contributed by atoms with Crippen molar-refractivity contribution < 1.29 is 63.7 Å². The summed E-state index contributed by atoms with van der Waals surface area (Å²) >= 11 is 0. The molecule has 14 rings (SSSR count). The average Bonchev–Trinajstić information content (AvgIpc) is 1.56. The Morgan fingerprint density at radius 2 is 0.842 bits per heavy atom. The van der Waals surface area contributed by atoms with Crippen LogP contribution in [0.3, 0.4) is 0 Å². The molecule has 4 aliphatic rings. The number of aromatic nitrogens is 3. The zero-order valence-corrected chi connectivity index (χ0v) is 55.8. The molecule has 0 saturated heterocycles. The fraction of sp³-hybridized carbons (Fsp3) is 0.234. The summed E-state index contributed by atoms with van der Waals surface area (Å²) in [6.45, 7) is 8.91. The molecule has 24 heteroatoms. The number of para-hydroxylation sites is 1. The van der Waals surface area contributed by atoms with Gasteiger partial charge >= 0.3 is 0 Å². The van der Waals surface area contributed by atoms with Crippen LogP contribution < -0.4 is 21.9 Å². The van der Waals surface area contributed by atoms with E-state index in [0.717, 1.165) is 72.5 Å². The lowest BCUT2D eigenvalue weighted by Crippen LogP contribution is -2.37. The van der Waals surface area contributed by atoms with Crippen LogP contribution in [0.5, 0.6) is 0 Å². The second-order valence-electron chi connectivity index (χ2n) is 25.0. The highest BCUT2D eigenvalue weighted by atomic mass is 16.5. The highest BCUT2D eigenvalue weighted by Gasteiger charge is 2.28. The summed E-state index contributed by atoms with van der Waals surface area (Å²) in [7, 11) is 0. The minimum Gasteiger partial charge on any atom is -0.361 e. The summed E-state index contributed by atoms with van der Waals surface area (Å²) in [4.78, 5) is 104. The van der Waals surface area contributed by atoms with Gasteiger partial charge in [0.1, 0.15) is 5.76 Å². The summed E-state index contributed by atoms with van der Waals surface area (Å²) in [5.74, 6) is -1.14. The first-order valence-corrected chi connectivity index (χ1v) is 33.1. The number of fused-ring (bicyclic) bond motifs is 5. The smallest absolute Gasteiger partial charge is 0.274 e. The number of carbonyl (C=O) groups excluding carboxylic acids is 8. The molecule has 0 spiro atoms. The van der Waals surface area contributed by atoms with E-state index in [-0.39, 0.29) is 30.0 Å². The van der Waals surface area contributed by atoms with Crippen molar-refractivity contribution >= 4 is 58.2 Å². The maximum atomic E-state index is 12.9. The van der Waals surface area contributed by atoms with Gasteiger partial charge in [0, 0.05) is 128 Å². The Morgan fingerprint density at radius 1 is 0.426 bits per heavy atom. The highest BCUT2D eigenvalue weighted by molar-refractivity contribution is 5.97. The van der Waals surface area contributed by atoms with Crippen molar-refractivity contribution in [2.75, 3.05) is 26.2 Å². The largest absolute Gasteiger partial charge is 0.361 e. The van der Waals surface area contributed by atoms with Crippen molar-refractivity contribution in [3.63, 3.8) is 0 Å². The molecule has 0 atom stereocenters. The Morgan fingerprint density at radius 3 is 1.30 bits per heavy atom. The van der Waals surface area contributed by atoms with E-state index in [4.69, 9.17) is 25.4 Å². The maximum Gasteiger partial charge on any atom is 0.274 e. The molecule has 518 valence electrons. The first kappa shape index (κ1) is 70.5. The average molecular weight is 1360 g/mol. The Hall–Kier alpha value is -11.8. The van der Waals surface area contributed by atoms with Gasteiger partial charge in [-0.15, -0.1) is 0 Å². The van der Waals surface area contributed by atoms with E-state index in [0.29, 0.717) is 131 Å². The molecule has 101 heavy (non-hydrogen) atoms. The third-order valence-electron chi connectivity index (χ3n) is 18.6. The molecule has 0 saturated carbocycles. The predicted octanol–water partition coefficient (Wildman–Crippen LogP) is 9.00. The van der Waals surface area contributed by atoms with Gasteiger partial charge in [-0.25, -0.2) is 21.9 Å². The molecule has 0 unspecified atom stereocenters. The van der Waals surface area contributed by atoms with Crippen LogP contribution in [-0.4, -0.2) is 128 Å². The number of hydroxylamine groups is 4. The summed E-state index contributed by atoms with van der Waals surface area (Å²) in [5.41, 5.74) is 22.0. The van der Waals surface area contributed by atoms with Crippen LogP contribution in [0.4, 0.5) is 0 Å². The van der Waals surface area contributed by atoms with Crippen LogP contribution in [-0.2, 0) is 85.6 Å². The SMILES string of the molecule is Cc1noc(C)c1CC(=O)N1CCc2cc(C(=O)NO)ccc2C1.O=C(NO)c1ccc2c(c1)CCN(C(=O)CCn1ccc3ccccc31)C2.O=C(NO)c1ccc2c(c1)CCN(C(=O)Cc1ccccc1)C2.O=C(NO)c1ccc2c(c1)CCN(C(=O)c1ccc(-n3cccc3)cc1)C2. The molecule has 0 fully saturated rings. The van der Waals surface area contributed by atoms with Gasteiger partial charge in [0.05, 0.1) is 18.5 Å². The fourth-order valence-corrected chi connectivity index (χ4v) is 12.9. The Bertz CT molecular complexity index is 4660. The lowest BCUT2D eigenvalue weighted by Gasteiger charge is -2.29. The van der Waals surface area contributed by atoms with Crippen LogP contribution >= 0.6 is 0 Å². The number of carbonyl (C=O) groups is 8. The Balaban J connectivity index is 0.000000136. The van der Waals surface area contributed by atoms with E-state index in [1.165, 1.54) is 5.39 Å². The van der Waals surface area contributed by atoms with Crippen LogP contribution in [0.15, 0.2) is 193 Å². The molecular weight excluding hydrogens is 1290 g/mol. The maximum absolute atomic E-state index is 12.9. The van der Waals surface area contributed by atoms with Crippen molar-refractivity contribution in [3.8, 4) is 5.69 Å². The van der Waals surface area contributed by atoms with E-state index < -0.39 is 23.6 Å². The number of nitrogens with zero attached hydrogens (tertiary/aromatic N) is 7. The van der Waals surface area contributed by atoms with E-state index in [9.17, 15) is 38.4 Å². The van der Waals surface area contributed by atoms with Crippen molar-refractivity contribution in [3.05, 3.63) is 283 Å². The van der Waals surface area contributed by atoms with Crippen LogP contribution in [0.2, 0.25) is 0 Å². The molecule has 24 nitrogen and oxygen atoms in total. The monoisotopic (exact) mass is 1360 g/mol. The third kappa shape index (κ3) is 17.2. The molecule has 4 aliphatic heterocycles. The minimum absolute atomic E-state index is 0.00289. The molecule has 0 radical (unpaired) electrons. The summed E-state index contributed by atoms with van der Waals surface area (Å²) in [5, 5.41) is 40.0. The van der Waals surface area contributed by atoms with Gasteiger partial charge in [-0.1, -0.05) is 78.0 Å². The van der Waals surface area contributed by atoms with Crippen LogP contribution in [0.25, 0.3) is 16.6 Å². The van der Waals surface area contributed by atoms with Crippen LogP contribution in [0, 0.1) is 13.8 Å². The van der Waals surface area contributed by atoms with Crippen molar-refractivity contribution in [1.82, 2.24) is 55.8 Å². The summed E-state index contributed by atoms with van der Waals surface area (Å²) in [6, 6.07) is 52.5. The third-order valence-corrected chi connectivity index (χ3v) is 18.6. The number of amides is 8. The minimum atomic E-state index is -0.533. The second-order valence-corrected chi connectivity index (χ2v) is 25.0. The van der Waals surface area contributed by atoms with Gasteiger partial charge in [0.15, 0.2) is 0 Å². The Labute approximate surface area is 581 Å². The molecule has 0 aliphatic carbocycles. The number of rotatable bonds is 13. The van der Waals surface area contributed by atoms with Gasteiger partial charge in [-0.05, 0) is 192 Å². The van der Waals surface area contributed by atoms with Crippen molar-refractivity contribution in [2.45, 2.75) is 91.5 Å². The fourth-order valence-electron chi connectivity index (χ4n) is 12.9. The van der Waals surface area contributed by atoms with Gasteiger partial charge in [-0.2, -0.15) is 0 Å². The molecular formula is C77H77N11O13. The van der Waals surface area contributed by atoms with Gasteiger partial charge in [-0.3, -0.25) is 59.2 Å². The van der Waals surface area contributed by atoms with Gasteiger partial charge < -0.3 is 33.3 Å². The van der Waals surface area contributed by atoms with E-state index in [1.54, 1.807) is 75.4 Å². The van der Waals surface area contributed by atoms with E-state index in [2.05, 4.69) is 27.9 Å². The zero-order valence-electron chi connectivity index (χ0n) is 55.8. The number of nitrogens with one attached hydrogen (secondary N) is 4. The molecule has 7 aromatic carbocycles. The summed E-state index contributed by atoms with van der Waals surface area (Å²) in [6.07, 6.45) is 9.86. The number of hydrogen-bond acceptors (Lipinski definition) is 14. The lowest BCUT2D eigenvalue weighted by atomic mass is 9.96. The number of benzene rings is 7. The van der Waals surface area contributed by atoms with E-state index in [1.807, 2.05) is 155 Å². The molecule has 3 aromatic heterocycles. The molecule has 10 aromatic rings. The molecule has 8 N–H and O–H groups in total. The van der Waals surface area contributed by atoms with E-state index >= 15 is 0 Å². The number of aryl methyl sites for hydroxylation is 3. The Kier molecular flexibility index (Phi) is 22.8. The lowest BCUT2D eigenvalue weighted by molar-refractivity contribution is -0.132. The van der Waals surface area contributed by atoms with Crippen molar-refractivity contribution in [2.24, 2.45) is 0 Å². The topological polar surface area (TPSA) is 314 Å². The van der Waals surface area contributed by atoms with Crippen LogP contribution in [0.1, 0.15) is 125 Å². The molecule has 0 bridgehead atoms. The second kappa shape index (κ2) is 32.7. The molecule has 7 heterocycles. The van der Waals surface area contributed by atoms with Crippen molar-refractivity contribution in [1.29, 1.82) is 0 Å². The summed E-state index contributed by atoms with van der Waals surface area (Å²) < 4.78 is 9.21. The predicted molar refractivity (Wildman–Crippen MR) is 371 cm³/mol. The highest BCUT2D eigenvalue weighted by Crippen LogP contribution is 2.28. The first-order valence-electron chi connectivity index (χ1n) is 33.1.